The SMILES string of the molecule is Cc1nc(CN2CCCNCC2)ccc1Cl. The van der Waals surface area contributed by atoms with E-state index in [0.717, 1.165) is 49.1 Å². The predicted molar refractivity (Wildman–Crippen MR) is 66.7 cm³/mol. The van der Waals surface area contributed by atoms with Crippen molar-refractivity contribution in [3.05, 3.63) is 28.5 Å². The van der Waals surface area contributed by atoms with Gasteiger partial charge in [-0.3, -0.25) is 9.88 Å². The van der Waals surface area contributed by atoms with Crippen LogP contribution in [0, 0.1) is 6.92 Å². The number of aromatic nitrogens is 1. The van der Waals surface area contributed by atoms with Gasteiger partial charge in [0.1, 0.15) is 0 Å². The molecule has 88 valence electrons. The van der Waals surface area contributed by atoms with Gasteiger partial charge >= 0.3 is 0 Å². The van der Waals surface area contributed by atoms with E-state index in [0.29, 0.717) is 0 Å². The second-order valence-electron chi connectivity index (χ2n) is 4.25. The molecule has 0 spiro atoms. The Balaban J connectivity index is 1.99. The van der Waals surface area contributed by atoms with Crippen LogP contribution >= 0.6 is 11.6 Å². The number of aryl methyl sites for hydroxylation is 1. The Kier molecular flexibility index (Phi) is 4.16. The summed E-state index contributed by atoms with van der Waals surface area (Å²) < 4.78 is 0. The smallest absolute Gasteiger partial charge is 0.0618 e. The van der Waals surface area contributed by atoms with Crippen LogP contribution in [-0.4, -0.2) is 36.1 Å². The highest BCUT2D eigenvalue weighted by atomic mass is 35.5. The van der Waals surface area contributed by atoms with Crippen molar-refractivity contribution in [3.8, 4) is 0 Å². The molecule has 16 heavy (non-hydrogen) atoms. The fourth-order valence-electron chi connectivity index (χ4n) is 1.97. The molecule has 2 heterocycles. The quantitative estimate of drug-likeness (QED) is 0.854. The standard InChI is InChI=1S/C12H18ClN3/c1-10-12(13)4-3-11(15-10)9-16-7-2-5-14-6-8-16/h3-4,14H,2,5-9H2,1H3. The normalized spacial score (nSPS) is 18.4. The third-order valence-electron chi connectivity index (χ3n) is 2.90. The first-order chi connectivity index (χ1) is 7.75. The Morgan fingerprint density at radius 1 is 1.38 bits per heavy atom. The molecule has 1 fully saturated rings. The van der Waals surface area contributed by atoms with Gasteiger partial charge in [-0.05, 0) is 38.6 Å². The van der Waals surface area contributed by atoms with Crippen molar-refractivity contribution in [1.29, 1.82) is 0 Å². The third kappa shape index (κ3) is 3.17. The van der Waals surface area contributed by atoms with Crippen molar-refractivity contribution in [2.75, 3.05) is 26.2 Å². The Hall–Kier alpha value is -0.640. The molecule has 1 aromatic heterocycles. The largest absolute Gasteiger partial charge is 0.315 e. The second-order valence-corrected chi connectivity index (χ2v) is 4.66. The maximum absolute atomic E-state index is 5.96. The lowest BCUT2D eigenvalue weighted by Gasteiger charge is -2.19. The lowest BCUT2D eigenvalue weighted by Crippen LogP contribution is -2.28. The molecule has 1 aliphatic heterocycles. The maximum atomic E-state index is 5.96. The minimum Gasteiger partial charge on any atom is -0.315 e. The van der Waals surface area contributed by atoms with Crippen LogP contribution in [0.5, 0.6) is 0 Å². The number of nitrogens with one attached hydrogen (secondary N) is 1. The van der Waals surface area contributed by atoms with Gasteiger partial charge in [0.05, 0.1) is 16.4 Å². The molecule has 1 aliphatic rings. The van der Waals surface area contributed by atoms with Gasteiger partial charge in [-0.15, -0.1) is 0 Å². The van der Waals surface area contributed by atoms with Crippen LogP contribution in [0.25, 0.3) is 0 Å². The summed E-state index contributed by atoms with van der Waals surface area (Å²) in [5, 5.41) is 4.15. The number of halogens is 1. The number of nitrogens with zero attached hydrogens (tertiary/aromatic N) is 2. The third-order valence-corrected chi connectivity index (χ3v) is 3.30. The Labute approximate surface area is 102 Å². The molecule has 0 aromatic carbocycles. The molecule has 0 saturated carbocycles. The Morgan fingerprint density at radius 2 is 2.25 bits per heavy atom. The summed E-state index contributed by atoms with van der Waals surface area (Å²) >= 11 is 5.96. The van der Waals surface area contributed by atoms with Crippen LogP contribution in [0.15, 0.2) is 12.1 Å². The fourth-order valence-corrected chi connectivity index (χ4v) is 2.08. The molecular formula is C12H18ClN3. The van der Waals surface area contributed by atoms with Crippen LogP contribution in [0.3, 0.4) is 0 Å². The van der Waals surface area contributed by atoms with Gasteiger partial charge in [0.15, 0.2) is 0 Å². The minimum absolute atomic E-state index is 0.751. The average molecular weight is 240 g/mol. The van der Waals surface area contributed by atoms with Crippen LogP contribution in [0.4, 0.5) is 0 Å². The summed E-state index contributed by atoms with van der Waals surface area (Å²) in [6.07, 6.45) is 1.21. The van der Waals surface area contributed by atoms with E-state index in [1.165, 1.54) is 6.42 Å². The first kappa shape index (κ1) is 11.8. The van der Waals surface area contributed by atoms with Crippen molar-refractivity contribution in [1.82, 2.24) is 15.2 Å². The van der Waals surface area contributed by atoms with Gasteiger partial charge in [0, 0.05) is 19.6 Å². The number of hydrogen-bond acceptors (Lipinski definition) is 3. The van der Waals surface area contributed by atoms with E-state index in [-0.39, 0.29) is 0 Å². The average Bonchev–Trinajstić information content (AvgIpc) is 2.52. The molecule has 1 saturated heterocycles. The highest BCUT2D eigenvalue weighted by Crippen LogP contribution is 2.14. The summed E-state index contributed by atoms with van der Waals surface area (Å²) in [4.78, 5) is 6.94. The zero-order valence-electron chi connectivity index (χ0n) is 9.67. The van der Waals surface area contributed by atoms with Gasteiger partial charge < -0.3 is 5.32 Å². The van der Waals surface area contributed by atoms with Crippen molar-refractivity contribution in [2.45, 2.75) is 19.9 Å². The number of rotatable bonds is 2. The molecule has 0 unspecified atom stereocenters. The Morgan fingerprint density at radius 3 is 3.06 bits per heavy atom. The zero-order chi connectivity index (χ0) is 11.4. The summed E-state index contributed by atoms with van der Waals surface area (Å²) in [5.74, 6) is 0. The molecule has 0 radical (unpaired) electrons. The van der Waals surface area contributed by atoms with Gasteiger partial charge in [0.25, 0.3) is 0 Å². The van der Waals surface area contributed by atoms with Gasteiger partial charge in [0.2, 0.25) is 0 Å². The van der Waals surface area contributed by atoms with E-state index >= 15 is 0 Å². The van der Waals surface area contributed by atoms with Crippen LogP contribution in [0.1, 0.15) is 17.8 Å². The summed E-state index contributed by atoms with van der Waals surface area (Å²) in [7, 11) is 0. The van der Waals surface area contributed by atoms with E-state index in [4.69, 9.17) is 11.6 Å². The van der Waals surface area contributed by atoms with Gasteiger partial charge in [-0.25, -0.2) is 0 Å². The van der Waals surface area contributed by atoms with Crippen LogP contribution in [-0.2, 0) is 6.54 Å². The van der Waals surface area contributed by atoms with Crippen molar-refractivity contribution in [2.24, 2.45) is 0 Å². The topological polar surface area (TPSA) is 28.2 Å². The predicted octanol–water partition coefficient (Wildman–Crippen LogP) is 1.84. The summed E-state index contributed by atoms with van der Waals surface area (Å²) in [5.41, 5.74) is 2.04. The number of pyridine rings is 1. The van der Waals surface area contributed by atoms with E-state index in [9.17, 15) is 0 Å². The molecule has 0 atom stereocenters. The first-order valence-electron chi connectivity index (χ1n) is 5.81. The van der Waals surface area contributed by atoms with E-state index in [1.807, 2.05) is 19.1 Å². The van der Waals surface area contributed by atoms with Crippen molar-refractivity contribution >= 4 is 11.6 Å². The van der Waals surface area contributed by atoms with E-state index in [2.05, 4.69) is 15.2 Å². The van der Waals surface area contributed by atoms with Crippen LogP contribution in [0.2, 0.25) is 5.02 Å². The lowest BCUT2D eigenvalue weighted by molar-refractivity contribution is 0.281. The van der Waals surface area contributed by atoms with Gasteiger partial charge in [-0.2, -0.15) is 0 Å². The van der Waals surface area contributed by atoms with Gasteiger partial charge in [-0.1, -0.05) is 11.6 Å². The van der Waals surface area contributed by atoms with E-state index in [1.54, 1.807) is 0 Å². The molecule has 1 aromatic rings. The molecular weight excluding hydrogens is 222 g/mol. The molecule has 0 bridgehead atoms. The molecule has 3 nitrogen and oxygen atoms in total. The zero-order valence-corrected chi connectivity index (χ0v) is 10.4. The molecule has 0 aliphatic carbocycles. The van der Waals surface area contributed by atoms with Crippen molar-refractivity contribution in [3.63, 3.8) is 0 Å². The highest BCUT2D eigenvalue weighted by molar-refractivity contribution is 6.31. The number of hydrogen-bond donors (Lipinski definition) is 1. The summed E-state index contributed by atoms with van der Waals surface area (Å²) in [6.45, 7) is 7.34. The molecule has 2 rings (SSSR count). The second kappa shape index (κ2) is 5.62. The monoisotopic (exact) mass is 239 g/mol. The minimum atomic E-state index is 0.751. The summed E-state index contributed by atoms with van der Waals surface area (Å²) in [6, 6.07) is 3.96. The molecule has 4 heteroatoms. The Bertz CT molecular complexity index is 346. The molecule has 1 N–H and O–H groups in total. The highest BCUT2D eigenvalue weighted by Gasteiger charge is 2.10. The lowest BCUT2D eigenvalue weighted by atomic mass is 10.3. The first-order valence-corrected chi connectivity index (χ1v) is 6.18. The van der Waals surface area contributed by atoms with Crippen LogP contribution < -0.4 is 5.32 Å². The maximum Gasteiger partial charge on any atom is 0.0618 e. The molecule has 0 amide bonds. The van der Waals surface area contributed by atoms with Crippen molar-refractivity contribution < 1.29 is 0 Å². The van der Waals surface area contributed by atoms with E-state index < -0.39 is 0 Å². The fraction of sp³-hybridized carbons (Fsp3) is 0.583.